The first-order valence-corrected chi connectivity index (χ1v) is 5.50. The third-order valence-electron chi connectivity index (χ3n) is 2.70. The van der Waals surface area contributed by atoms with Gasteiger partial charge in [0.1, 0.15) is 0 Å². The van der Waals surface area contributed by atoms with Gasteiger partial charge in [0.2, 0.25) is 5.78 Å². The highest BCUT2D eigenvalue weighted by Crippen LogP contribution is 2.23. The van der Waals surface area contributed by atoms with Gasteiger partial charge in [-0.25, -0.2) is 4.39 Å². The van der Waals surface area contributed by atoms with E-state index in [0.717, 1.165) is 0 Å². The number of benzene rings is 1. The van der Waals surface area contributed by atoms with Crippen molar-refractivity contribution in [2.45, 2.75) is 6.92 Å². The molecule has 0 radical (unpaired) electrons. The number of carbonyl (C=O) groups excluding carboxylic acids is 1. The lowest BCUT2D eigenvalue weighted by Crippen LogP contribution is -2.23. The van der Waals surface area contributed by atoms with Crippen LogP contribution in [0.4, 0.5) is 4.39 Å². The SMILES string of the molecule is CNCC(C)C(=O)c1cc2cccc(F)c2o1. The molecule has 1 N–H and O–H groups in total. The summed E-state index contributed by atoms with van der Waals surface area (Å²) in [5.41, 5.74) is 0.146. The molecule has 2 aromatic rings. The molecular weight excluding hydrogens is 221 g/mol. The van der Waals surface area contributed by atoms with Crippen LogP contribution in [0.3, 0.4) is 0 Å². The minimum absolute atomic E-state index is 0.116. The van der Waals surface area contributed by atoms with Gasteiger partial charge in [-0.15, -0.1) is 0 Å². The number of carbonyl (C=O) groups is 1. The summed E-state index contributed by atoms with van der Waals surface area (Å²) in [6.07, 6.45) is 0. The highest BCUT2D eigenvalue weighted by molar-refractivity contribution is 5.99. The smallest absolute Gasteiger partial charge is 0.202 e. The maximum absolute atomic E-state index is 13.4. The average Bonchev–Trinajstić information content (AvgIpc) is 2.73. The number of Topliss-reactive ketones (excluding diaryl/α,β-unsaturated/α-hetero) is 1. The quantitative estimate of drug-likeness (QED) is 0.828. The number of para-hydroxylation sites is 1. The second kappa shape index (κ2) is 4.67. The summed E-state index contributed by atoms with van der Waals surface area (Å²) in [4.78, 5) is 12.0. The van der Waals surface area contributed by atoms with Crippen molar-refractivity contribution in [2.24, 2.45) is 5.92 Å². The Morgan fingerprint density at radius 3 is 2.94 bits per heavy atom. The number of fused-ring (bicyclic) bond motifs is 1. The Morgan fingerprint density at radius 2 is 2.29 bits per heavy atom. The largest absolute Gasteiger partial charge is 0.450 e. The summed E-state index contributed by atoms with van der Waals surface area (Å²) in [5, 5.41) is 3.54. The van der Waals surface area contributed by atoms with E-state index in [1.165, 1.54) is 6.07 Å². The standard InChI is InChI=1S/C13H14FNO2/c1-8(7-15-2)12(16)11-6-9-4-3-5-10(14)13(9)17-11/h3-6,8,15H,7H2,1-2H3. The zero-order valence-electron chi connectivity index (χ0n) is 9.79. The minimum atomic E-state index is -0.442. The molecule has 0 fully saturated rings. The lowest BCUT2D eigenvalue weighted by atomic mass is 10.0. The maximum Gasteiger partial charge on any atom is 0.202 e. The fourth-order valence-electron chi connectivity index (χ4n) is 1.79. The van der Waals surface area contributed by atoms with E-state index in [2.05, 4.69) is 5.32 Å². The van der Waals surface area contributed by atoms with Crippen LogP contribution >= 0.6 is 0 Å². The Bertz CT molecular complexity index is 547. The van der Waals surface area contributed by atoms with Gasteiger partial charge in [0.05, 0.1) is 0 Å². The van der Waals surface area contributed by atoms with Crippen LogP contribution in [-0.2, 0) is 0 Å². The molecule has 1 atom stereocenters. The van der Waals surface area contributed by atoms with Crippen molar-refractivity contribution in [3.8, 4) is 0 Å². The Hall–Kier alpha value is -1.68. The second-order valence-electron chi connectivity index (χ2n) is 4.09. The highest BCUT2D eigenvalue weighted by atomic mass is 19.1. The molecule has 1 aromatic carbocycles. The van der Waals surface area contributed by atoms with E-state index in [-0.39, 0.29) is 23.0 Å². The van der Waals surface area contributed by atoms with Gasteiger partial charge in [-0.3, -0.25) is 4.79 Å². The van der Waals surface area contributed by atoms with E-state index in [0.29, 0.717) is 11.9 Å². The molecule has 90 valence electrons. The van der Waals surface area contributed by atoms with Crippen LogP contribution in [-0.4, -0.2) is 19.4 Å². The molecule has 0 bridgehead atoms. The Kier molecular flexibility index (Phi) is 3.24. The van der Waals surface area contributed by atoms with E-state index in [1.807, 2.05) is 6.92 Å². The molecule has 1 unspecified atom stereocenters. The van der Waals surface area contributed by atoms with Crippen molar-refractivity contribution in [1.29, 1.82) is 0 Å². The molecule has 0 aliphatic rings. The molecule has 4 heteroatoms. The normalized spacial score (nSPS) is 12.9. The highest BCUT2D eigenvalue weighted by Gasteiger charge is 2.19. The Balaban J connectivity index is 2.37. The molecule has 0 saturated heterocycles. The predicted molar refractivity (Wildman–Crippen MR) is 63.6 cm³/mol. The third-order valence-corrected chi connectivity index (χ3v) is 2.70. The number of halogens is 1. The monoisotopic (exact) mass is 235 g/mol. The van der Waals surface area contributed by atoms with Crippen molar-refractivity contribution in [3.05, 3.63) is 35.8 Å². The fraction of sp³-hybridized carbons (Fsp3) is 0.308. The van der Waals surface area contributed by atoms with Crippen LogP contribution in [0.15, 0.2) is 28.7 Å². The van der Waals surface area contributed by atoms with E-state index < -0.39 is 5.82 Å². The van der Waals surface area contributed by atoms with Crippen molar-refractivity contribution < 1.29 is 13.6 Å². The first-order valence-electron chi connectivity index (χ1n) is 5.50. The minimum Gasteiger partial charge on any atom is -0.450 e. The Labute approximate surface area is 98.6 Å². The molecule has 0 aliphatic heterocycles. The summed E-state index contributed by atoms with van der Waals surface area (Å²) < 4.78 is 18.7. The molecule has 0 spiro atoms. The van der Waals surface area contributed by atoms with E-state index in [9.17, 15) is 9.18 Å². The number of hydrogen-bond acceptors (Lipinski definition) is 3. The first-order chi connectivity index (χ1) is 8.13. The van der Waals surface area contributed by atoms with Gasteiger partial charge >= 0.3 is 0 Å². The lowest BCUT2D eigenvalue weighted by molar-refractivity contribution is 0.0904. The van der Waals surface area contributed by atoms with E-state index in [1.54, 1.807) is 25.2 Å². The van der Waals surface area contributed by atoms with E-state index >= 15 is 0 Å². The van der Waals surface area contributed by atoms with Crippen molar-refractivity contribution in [1.82, 2.24) is 5.32 Å². The topological polar surface area (TPSA) is 42.2 Å². The fourth-order valence-corrected chi connectivity index (χ4v) is 1.79. The van der Waals surface area contributed by atoms with Crippen LogP contribution in [0.2, 0.25) is 0 Å². The zero-order valence-corrected chi connectivity index (χ0v) is 9.79. The molecule has 3 nitrogen and oxygen atoms in total. The number of rotatable bonds is 4. The van der Waals surface area contributed by atoms with Crippen LogP contribution in [0.25, 0.3) is 11.0 Å². The molecule has 2 rings (SSSR count). The van der Waals surface area contributed by atoms with Crippen LogP contribution < -0.4 is 5.32 Å². The van der Waals surface area contributed by atoms with Gasteiger partial charge in [-0.1, -0.05) is 19.1 Å². The summed E-state index contributed by atoms with van der Waals surface area (Å²) in [6, 6.07) is 6.23. The second-order valence-corrected chi connectivity index (χ2v) is 4.09. The number of furan rings is 1. The predicted octanol–water partition coefficient (Wildman–Crippen LogP) is 2.61. The molecule has 1 aromatic heterocycles. The average molecular weight is 235 g/mol. The molecule has 1 heterocycles. The van der Waals surface area contributed by atoms with Crippen LogP contribution in [0.5, 0.6) is 0 Å². The number of nitrogens with one attached hydrogen (secondary N) is 1. The van der Waals surface area contributed by atoms with Gasteiger partial charge in [0.15, 0.2) is 17.2 Å². The number of ketones is 1. The van der Waals surface area contributed by atoms with Gasteiger partial charge in [-0.05, 0) is 19.2 Å². The summed E-state index contributed by atoms with van der Waals surface area (Å²) in [7, 11) is 1.78. The lowest BCUT2D eigenvalue weighted by Gasteiger charge is -2.06. The van der Waals surface area contributed by atoms with Crippen molar-refractivity contribution >= 4 is 16.8 Å². The van der Waals surface area contributed by atoms with Crippen molar-refractivity contribution in [3.63, 3.8) is 0 Å². The molecule has 17 heavy (non-hydrogen) atoms. The summed E-state index contributed by atoms with van der Waals surface area (Å²) in [6.45, 7) is 2.38. The van der Waals surface area contributed by atoms with Gasteiger partial charge in [-0.2, -0.15) is 0 Å². The molecule has 0 amide bonds. The van der Waals surface area contributed by atoms with Gasteiger partial charge in [0, 0.05) is 17.8 Å². The van der Waals surface area contributed by atoms with E-state index in [4.69, 9.17) is 4.42 Å². The van der Waals surface area contributed by atoms with Crippen LogP contribution in [0.1, 0.15) is 17.5 Å². The maximum atomic E-state index is 13.4. The molecule has 0 saturated carbocycles. The summed E-state index contributed by atoms with van der Waals surface area (Å²) in [5.74, 6) is -0.533. The Morgan fingerprint density at radius 1 is 1.53 bits per heavy atom. The van der Waals surface area contributed by atoms with Gasteiger partial charge < -0.3 is 9.73 Å². The number of hydrogen-bond donors (Lipinski definition) is 1. The van der Waals surface area contributed by atoms with Crippen LogP contribution in [0, 0.1) is 11.7 Å². The third kappa shape index (κ3) is 2.22. The molecular formula is C13H14FNO2. The first kappa shape index (κ1) is 11.8. The zero-order chi connectivity index (χ0) is 12.4. The summed E-state index contributed by atoms with van der Waals surface area (Å²) >= 11 is 0. The van der Waals surface area contributed by atoms with Crippen molar-refractivity contribution in [2.75, 3.05) is 13.6 Å². The van der Waals surface area contributed by atoms with Gasteiger partial charge in [0.25, 0.3) is 0 Å². The molecule has 0 aliphatic carbocycles.